The Kier molecular flexibility index (Phi) is 7.31. The molecule has 212 valence electrons. The molecule has 1 aliphatic carbocycles. The molecule has 1 aliphatic rings. The number of hydrogen-bond acceptors (Lipinski definition) is 9. The zero-order chi connectivity index (χ0) is 28.8. The van der Waals surface area contributed by atoms with Crippen LogP contribution in [0.25, 0.3) is 11.3 Å². The normalized spacial score (nSPS) is 13.6. The lowest BCUT2D eigenvalue weighted by atomic mass is 10.0. The Morgan fingerprint density at radius 3 is 2.55 bits per heavy atom. The summed E-state index contributed by atoms with van der Waals surface area (Å²) in [6, 6.07) is 3.34. The van der Waals surface area contributed by atoms with Crippen molar-refractivity contribution in [1.82, 2.24) is 29.9 Å². The third kappa shape index (κ3) is 5.54. The number of sulfone groups is 1. The highest BCUT2D eigenvalue weighted by Crippen LogP contribution is 2.48. The van der Waals surface area contributed by atoms with Crippen molar-refractivity contribution in [2.75, 3.05) is 37.2 Å². The molecule has 1 saturated carbocycles. The minimum absolute atomic E-state index is 0.0728. The first-order valence-electron chi connectivity index (χ1n) is 12.6. The Balaban J connectivity index is 1.68. The molecule has 0 bridgehead atoms. The van der Waals surface area contributed by atoms with Gasteiger partial charge in [0.25, 0.3) is 0 Å². The molecule has 0 spiro atoms. The quantitative estimate of drug-likeness (QED) is 0.284. The van der Waals surface area contributed by atoms with Gasteiger partial charge in [-0.15, -0.1) is 0 Å². The molecule has 0 radical (unpaired) electrons. The highest BCUT2D eigenvalue weighted by Gasteiger charge is 2.34. The molecule has 11 nitrogen and oxygen atoms in total. The topological polar surface area (TPSA) is 131 Å². The molecule has 5 rings (SSSR count). The van der Waals surface area contributed by atoms with E-state index in [2.05, 4.69) is 20.6 Å². The van der Waals surface area contributed by atoms with Crippen molar-refractivity contribution in [1.29, 1.82) is 0 Å². The van der Waals surface area contributed by atoms with Crippen molar-refractivity contribution in [3.05, 3.63) is 53.0 Å². The first kappa shape index (κ1) is 27.6. The molecule has 0 unspecified atom stereocenters. The van der Waals surface area contributed by atoms with E-state index in [1.807, 2.05) is 26.1 Å². The number of aromatic amines is 1. The molecule has 0 aliphatic heterocycles. The Labute approximate surface area is 230 Å². The molecule has 2 N–H and O–H groups in total. The lowest BCUT2D eigenvalue weighted by Gasteiger charge is -2.22. The van der Waals surface area contributed by atoms with Gasteiger partial charge in [0.1, 0.15) is 22.3 Å². The minimum atomic E-state index is -3.97. The van der Waals surface area contributed by atoms with Crippen LogP contribution in [-0.4, -0.2) is 65.4 Å². The number of anilines is 4. The predicted octanol–water partition coefficient (Wildman–Crippen LogP) is 4.40. The van der Waals surface area contributed by atoms with Gasteiger partial charge in [0.05, 0.1) is 30.2 Å². The summed E-state index contributed by atoms with van der Waals surface area (Å²) >= 11 is 0. The zero-order valence-electron chi connectivity index (χ0n) is 22.8. The van der Waals surface area contributed by atoms with Crippen molar-refractivity contribution in [2.45, 2.75) is 44.0 Å². The van der Waals surface area contributed by atoms with E-state index < -0.39 is 26.4 Å². The van der Waals surface area contributed by atoms with Gasteiger partial charge in [-0.25, -0.2) is 22.2 Å². The second-order valence-electron chi connectivity index (χ2n) is 9.92. The molecule has 3 heterocycles. The highest BCUT2D eigenvalue weighted by atomic mass is 32.2. The number of aryl methyl sites for hydroxylation is 2. The fourth-order valence-electron chi connectivity index (χ4n) is 4.49. The average Bonchev–Trinajstić information content (AvgIpc) is 3.54. The van der Waals surface area contributed by atoms with Crippen LogP contribution in [-0.2, 0) is 21.1 Å². The highest BCUT2D eigenvalue weighted by molar-refractivity contribution is 7.90. The molecule has 1 aromatic carbocycles. The molecule has 4 aromatic rings. The maximum absolute atomic E-state index is 15.2. The molecule has 0 amide bonds. The van der Waals surface area contributed by atoms with Gasteiger partial charge >= 0.3 is 0 Å². The van der Waals surface area contributed by atoms with Crippen LogP contribution in [0.5, 0.6) is 0 Å². The average molecular weight is 573 g/mol. The van der Waals surface area contributed by atoms with Crippen LogP contribution < -0.4 is 10.2 Å². The second kappa shape index (κ2) is 10.6. The van der Waals surface area contributed by atoms with Crippen molar-refractivity contribution in [3.8, 4) is 11.3 Å². The predicted molar refractivity (Wildman–Crippen MR) is 146 cm³/mol. The summed E-state index contributed by atoms with van der Waals surface area (Å²) in [5.41, 5.74) is 3.64. The smallest absolute Gasteiger partial charge is 0.232 e. The molecule has 14 heteroatoms. The van der Waals surface area contributed by atoms with Gasteiger partial charge in [0, 0.05) is 55.6 Å². The SMILES string of the molecule is COCCn1cc(-c2nc(N(C)c3cc(F)c(S(C)(=O)=O)cc3F)nc(Nc3cc(C)[nH]n3)c2C2CC2)c(C)n1. The van der Waals surface area contributed by atoms with Gasteiger partial charge in [0.2, 0.25) is 5.95 Å². The van der Waals surface area contributed by atoms with E-state index >= 15 is 4.39 Å². The van der Waals surface area contributed by atoms with E-state index in [0.29, 0.717) is 36.5 Å². The first-order valence-corrected chi connectivity index (χ1v) is 14.5. The van der Waals surface area contributed by atoms with E-state index in [1.165, 1.54) is 11.9 Å². The van der Waals surface area contributed by atoms with E-state index in [9.17, 15) is 12.8 Å². The molecule has 0 atom stereocenters. The van der Waals surface area contributed by atoms with Crippen LogP contribution in [0.15, 0.2) is 29.3 Å². The summed E-state index contributed by atoms with van der Waals surface area (Å²) in [6.07, 6.45) is 4.60. The van der Waals surface area contributed by atoms with Crippen LogP contribution in [0.4, 0.5) is 32.1 Å². The van der Waals surface area contributed by atoms with Crippen LogP contribution >= 0.6 is 0 Å². The molecule has 0 saturated heterocycles. The molecule has 1 fully saturated rings. The number of ether oxygens (including phenoxy) is 1. The summed E-state index contributed by atoms with van der Waals surface area (Å²) < 4.78 is 60.8. The first-order chi connectivity index (χ1) is 19.0. The van der Waals surface area contributed by atoms with Gasteiger partial charge < -0.3 is 15.0 Å². The Hall–Kier alpha value is -3.91. The fourth-order valence-corrected chi connectivity index (χ4v) is 5.22. The maximum atomic E-state index is 15.2. The Bertz CT molecular complexity index is 1680. The summed E-state index contributed by atoms with van der Waals surface area (Å²) in [7, 11) is -0.855. The number of halogens is 2. The summed E-state index contributed by atoms with van der Waals surface area (Å²) in [5, 5.41) is 15.1. The van der Waals surface area contributed by atoms with E-state index in [0.717, 1.165) is 47.7 Å². The summed E-state index contributed by atoms with van der Waals surface area (Å²) in [4.78, 5) is 10.1. The number of nitrogens with zero attached hydrogens (tertiary/aromatic N) is 6. The van der Waals surface area contributed by atoms with Crippen molar-refractivity contribution >= 4 is 33.1 Å². The monoisotopic (exact) mass is 572 g/mol. The minimum Gasteiger partial charge on any atom is -0.383 e. The molecule has 40 heavy (non-hydrogen) atoms. The zero-order valence-corrected chi connectivity index (χ0v) is 23.6. The van der Waals surface area contributed by atoms with Gasteiger partial charge in [-0.1, -0.05) is 0 Å². The number of rotatable bonds is 10. The third-order valence-corrected chi connectivity index (χ3v) is 7.77. The van der Waals surface area contributed by atoms with Gasteiger partial charge in [-0.3, -0.25) is 9.78 Å². The largest absolute Gasteiger partial charge is 0.383 e. The maximum Gasteiger partial charge on any atom is 0.232 e. The molecule has 3 aromatic heterocycles. The standard InChI is InChI=1S/C26H30F2N8O3S/c1-14-10-22(33-32-14)29-25-23(16-6-7-16)24(17-13-36(8-9-39-4)34-15(17)2)30-26(31-25)35(3)20-11-19(28)21(12-18(20)27)40(5,37)38/h10-13,16H,6-9H2,1-5H3,(H2,29,30,31,32,33). The lowest BCUT2D eigenvalue weighted by Crippen LogP contribution is -2.18. The number of methoxy groups -OCH3 is 1. The summed E-state index contributed by atoms with van der Waals surface area (Å²) in [5.74, 6) is -0.702. The molecular formula is C26H30F2N8O3S. The fraction of sp³-hybridized carbons (Fsp3) is 0.385. The number of hydrogen-bond donors (Lipinski definition) is 2. The lowest BCUT2D eigenvalue weighted by molar-refractivity contribution is 0.183. The van der Waals surface area contributed by atoms with Gasteiger partial charge in [-0.05, 0) is 38.7 Å². The number of benzene rings is 1. The number of aromatic nitrogens is 6. The van der Waals surface area contributed by atoms with Crippen molar-refractivity contribution < 1.29 is 21.9 Å². The third-order valence-electron chi connectivity index (χ3n) is 6.66. The van der Waals surface area contributed by atoms with E-state index in [1.54, 1.807) is 11.8 Å². The van der Waals surface area contributed by atoms with Crippen LogP contribution in [0, 0.1) is 25.5 Å². The number of nitrogens with one attached hydrogen (secondary N) is 2. The Morgan fingerprint density at radius 1 is 1.18 bits per heavy atom. The second-order valence-corrected chi connectivity index (χ2v) is 11.9. The van der Waals surface area contributed by atoms with Crippen molar-refractivity contribution in [3.63, 3.8) is 0 Å². The van der Waals surface area contributed by atoms with Crippen LogP contribution in [0.3, 0.4) is 0 Å². The number of H-pyrrole nitrogens is 1. The summed E-state index contributed by atoms with van der Waals surface area (Å²) in [6.45, 7) is 4.78. The van der Waals surface area contributed by atoms with E-state index in [4.69, 9.17) is 14.7 Å². The van der Waals surface area contributed by atoms with Crippen LogP contribution in [0.1, 0.15) is 35.7 Å². The Morgan fingerprint density at radius 2 is 1.93 bits per heavy atom. The van der Waals surface area contributed by atoms with E-state index in [-0.39, 0.29) is 17.6 Å². The van der Waals surface area contributed by atoms with Crippen LogP contribution in [0.2, 0.25) is 0 Å². The van der Waals surface area contributed by atoms with Crippen molar-refractivity contribution in [2.24, 2.45) is 0 Å². The molecular weight excluding hydrogens is 542 g/mol. The van der Waals surface area contributed by atoms with Gasteiger partial charge in [0.15, 0.2) is 15.7 Å². The van der Waals surface area contributed by atoms with Gasteiger partial charge in [-0.2, -0.15) is 15.2 Å².